The van der Waals surface area contributed by atoms with Crippen molar-refractivity contribution >= 4 is 23.2 Å². The van der Waals surface area contributed by atoms with Gasteiger partial charge in [0.25, 0.3) is 0 Å². The van der Waals surface area contributed by atoms with Crippen molar-refractivity contribution in [3.8, 4) is 0 Å². The first kappa shape index (κ1) is 10.4. The average Bonchev–Trinajstić information content (AvgIpc) is 2.51. The molecule has 0 aliphatic rings. The third kappa shape index (κ3) is 1.31. The first-order valence-corrected chi connectivity index (χ1v) is 4.83. The summed E-state index contributed by atoms with van der Waals surface area (Å²) in [7, 11) is 1.81. The number of aryl methyl sites for hydroxylation is 1. The highest BCUT2D eigenvalue weighted by Crippen LogP contribution is 2.25. The summed E-state index contributed by atoms with van der Waals surface area (Å²) in [6, 6.07) is 5.05. The predicted octanol–water partition coefficient (Wildman–Crippen LogP) is 2.00. The van der Waals surface area contributed by atoms with Crippen LogP contribution in [0.4, 0.5) is 0 Å². The zero-order valence-corrected chi connectivity index (χ0v) is 9.02. The molecule has 0 aliphatic heterocycles. The van der Waals surface area contributed by atoms with Gasteiger partial charge in [-0.25, -0.2) is 4.79 Å². The van der Waals surface area contributed by atoms with Crippen molar-refractivity contribution in [2.75, 3.05) is 0 Å². The van der Waals surface area contributed by atoms with Crippen LogP contribution in [0.3, 0.4) is 0 Å². The number of carboxylic acids is 1. The maximum Gasteiger partial charge on any atom is 0.338 e. The van der Waals surface area contributed by atoms with E-state index < -0.39 is 5.97 Å². The number of hydrogen-bond donors (Lipinski definition) is 1. The summed E-state index contributed by atoms with van der Waals surface area (Å²) in [6.07, 6.45) is 0.716. The van der Waals surface area contributed by atoms with E-state index in [1.165, 1.54) is 0 Å². The number of benzene rings is 1. The quantitative estimate of drug-likeness (QED) is 0.782. The lowest BCUT2D eigenvalue weighted by Crippen LogP contribution is -1.99. The Morgan fingerprint density at radius 3 is 2.69 bits per heavy atom. The largest absolute Gasteiger partial charge is 0.478 e. The van der Waals surface area contributed by atoms with Crippen molar-refractivity contribution in [2.24, 2.45) is 7.05 Å². The van der Waals surface area contributed by atoms with E-state index in [0.717, 1.165) is 5.52 Å². The number of carbonyl (C=O) groups is 2. The van der Waals surface area contributed by atoms with Gasteiger partial charge < -0.3 is 9.67 Å². The van der Waals surface area contributed by atoms with Crippen molar-refractivity contribution in [1.29, 1.82) is 0 Å². The van der Waals surface area contributed by atoms with Gasteiger partial charge in [0, 0.05) is 29.2 Å². The van der Waals surface area contributed by atoms with Crippen LogP contribution < -0.4 is 0 Å². The molecule has 1 aromatic heterocycles. The van der Waals surface area contributed by atoms with E-state index in [2.05, 4.69) is 0 Å². The molecule has 0 radical (unpaired) electrons. The number of nitrogens with zero attached hydrogens (tertiary/aromatic N) is 1. The van der Waals surface area contributed by atoms with E-state index in [4.69, 9.17) is 5.11 Å². The minimum absolute atomic E-state index is 0.265. The first-order chi connectivity index (χ1) is 7.56. The lowest BCUT2D eigenvalue weighted by Gasteiger charge is -1.97. The molecule has 0 saturated heterocycles. The molecule has 16 heavy (non-hydrogen) atoms. The SMILES string of the molecule is Cc1c(C(=O)O)c2cc(C=O)ccc2n1C. The van der Waals surface area contributed by atoms with Gasteiger partial charge >= 0.3 is 5.97 Å². The Balaban J connectivity index is 2.92. The maximum absolute atomic E-state index is 11.1. The Morgan fingerprint density at radius 2 is 2.12 bits per heavy atom. The summed E-state index contributed by atoms with van der Waals surface area (Å²) in [5.41, 5.74) is 2.26. The predicted molar refractivity (Wildman–Crippen MR) is 60.0 cm³/mol. The minimum Gasteiger partial charge on any atom is -0.478 e. The number of aldehydes is 1. The summed E-state index contributed by atoms with van der Waals surface area (Å²) >= 11 is 0. The molecule has 2 aromatic rings. The molecule has 0 fully saturated rings. The summed E-state index contributed by atoms with van der Waals surface area (Å²) in [6.45, 7) is 1.75. The molecule has 4 heteroatoms. The number of aromatic nitrogens is 1. The molecule has 0 saturated carbocycles. The monoisotopic (exact) mass is 217 g/mol. The molecule has 0 amide bonds. The molecule has 1 aromatic carbocycles. The van der Waals surface area contributed by atoms with E-state index in [-0.39, 0.29) is 5.56 Å². The van der Waals surface area contributed by atoms with Crippen LogP contribution in [0.5, 0.6) is 0 Å². The van der Waals surface area contributed by atoms with E-state index >= 15 is 0 Å². The number of rotatable bonds is 2. The fraction of sp³-hybridized carbons (Fsp3) is 0.167. The summed E-state index contributed by atoms with van der Waals surface area (Å²) in [4.78, 5) is 21.8. The number of hydrogen-bond acceptors (Lipinski definition) is 2. The lowest BCUT2D eigenvalue weighted by atomic mass is 10.1. The van der Waals surface area contributed by atoms with Gasteiger partial charge in [0.05, 0.1) is 5.56 Å². The zero-order chi connectivity index (χ0) is 11.9. The molecule has 0 bridgehead atoms. The highest BCUT2D eigenvalue weighted by Gasteiger charge is 2.17. The van der Waals surface area contributed by atoms with Gasteiger partial charge in [-0.05, 0) is 25.1 Å². The Hall–Kier alpha value is -2.10. The third-order valence-corrected chi connectivity index (χ3v) is 2.87. The topological polar surface area (TPSA) is 59.3 Å². The molecule has 2 rings (SSSR count). The molecule has 0 spiro atoms. The van der Waals surface area contributed by atoms with Gasteiger partial charge in [0.2, 0.25) is 0 Å². The van der Waals surface area contributed by atoms with Gasteiger partial charge in [-0.1, -0.05) is 0 Å². The fourth-order valence-corrected chi connectivity index (χ4v) is 1.93. The van der Waals surface area contributed by atoms with E-state index in [1.54, 1.807) is 25.1 Å². The van der Waals surface area contributed by atoms with E-state index in [9.17, 15) is 9.59 Å². The number of fused-ring (bicyclic) bond motifs is 1. The maximum atomic E-state index is 11.1. The number of carboxylic acid groups (broad SMARTS) is 1. The molecule has 4 nitrogen and oxygen atoms in total. The molecule has 0 aliphatic carbocycles. The summed E-state index contributed by atoms with van der Waals surface area (Å²) in [5, 5.41) is 9.75. The van der Waals surface area contributed by atoms with Crippen molar-refractivity contribution < 1.29 is 14.7 Å². The average molecular weight is 217 g/mol. The smallest absolute Gasteiger partial charge is 0.338 e. The number of aromatic carboxylic acids is 1. The van der Waals surface area contributed by atoms with Gasteiger partial charge in [-0.2, -0.15) is 0 Å². The molecular formula is C12H11NO3. The molecular weight excluding hydrogens is 206 g/mol. The van der Waals surface area contributed by atoms with Crippen LogP contribution in [-0.2, 0) is 7.05 Å². The van der Waals surface area contributed by atoms with Crippen LogP contribution in [0.25, 0.3) is 10.9 Å². The second-order valence-corrected chi connectivity index (χ2v) is 3.72. The van der Waals surface area contributed by atoms with Crippen molar-refractivity contribution in [1.82, 2.24) is 4.57 Å². The van der Waals surface area contributed by atoms with Crippen LogP contribution in [0.15, 0.2) is 18.2 Å². The third-order valence-electron chi connectivity index (χ3n) is 2.87. The highest BCUT2D eigenvalue weighted by atomic mass is 16.4. The molecule has 1 N–H and O–H groups in total. The van der Waals surface area contributed by atoms with Gasteiger partial charge in [0.15, 0.2) is 0 Å². The second kappa shape index (κ2) is 3.48. The highest BCUT2D eigenvalue weighted by molar-refractivity contribution is 6.06. The lowest BCUT2D eigenvalue weighted by molar-refractivity contribution is 0.0697. The second-order valence-electron chi connectivity index (χ2n) is 3.72. The first-order valence-electron chi connectivity index (χ1n) is 4.83. The van der Waals surface area contributed by atoms with Crippen LogP contribution in [0.2, 0.25) is 0 Å². The van der Waals surface area contributed by atoms with Crippen LogP contribution in [0, 0.1) is 6.92 Å². The molecule has 0 unspecified atom stereocenters. The van der Waals surface area contributed by atoms with E-state index in [0.29, 0.717) is 22.9 Å². The van der Waals surface area contributed by atoms with Crippen molar-refractivity contribution in [2.45, 2.75) is 6.92 Å². The molecule has 82 valence electrons. The standard InChI is InChI=1S/C12H11NO3/c1-7-11(12(15)16)9-5-8(6-14)3-4-10(9)13(7)2/h3-6H,1-2H3,(H,15,16). The summed E-state index contributed by atoms with van der Waals surface area (Å²) < 4.78 is 1.81. The zero-order valence-electron chi connectivity index (χ0n) is 9.02. The summed E-state index contributed by atoms with van der Waals surface area (Å²) in [5.74, 6) is -0.967. The Morgan fingerprint density at radius 1 is 1.44 bits per heavy atom. The van der Waals surface area contributed by atoms with Gasteiger partial charge in [0.1, 0.15) is 6.29 Å². The van der Waals surface area contributed by atoms with Crippen LogP contribution >= 0.6 is 0 Å². The van der Waals surface area contributed by atoms with Gasteiger partial charge in [-0.3, -0.25) is 4.79 Å². The van der Waals surface area contributed by atoms with Crippen LogP contribution in [-0.4, -0.2) is 21.9 Å². The molecule has 1 heterocycles. The Kier molecular flexibility index (Phi) is 2.27. The van der Waals surface area contributed by atoms with Crippen molar-refractivity contribution in [3.63, 3.8) is 0 Å². The normalized spacial score (nSPS) is 10.6. The minimum atomic E-state index is -0.967. The van der Waals surface area contributed by atoms with Crippen molar-refractivity contribution in [3.05, 3.63) is 35.0 Å². The fourth-order valence-electron chi connectivity index (χ4n) is 1.93. The van der Waals surface area contributed by atoms with E-state index in [1.807, 2.05) is 11.6 Å². The van der Waals surface area contributed by atoms with Gasteiger partial charge in [-0.15, -0.1) is 0 Å². The molecule has 0 atom stereocenters. The van der Waals surface area contributed by atoms with Crippen LogP contribution in [0.1, 0.15) is 26.4 Å². The Bertz CT molecular complexity index is 596. The number of carbonyl (C=O) groups excluding carboxylic acids is 1. The Labute approximate surface area is 92.1 Å².